The quantitative estimate of drug-likeness (QED) is 0.669. The number of para-hydroxylation sites is 3. The van der Waals surface area contributed by atoms with Crippen molar-refractivity contribution in [3.63, 3.8) is 0 Å². The number of imidazole rings is 1. The fourth-order valence-electron chi connectivity index (χ4n) is 4.99. The predicted molar refractivity (Wildman–Crippen MR) is 121 cm³/mol. The summed E-state index contributed by atoms with van der Waals surface area (Å²) in [6, 6.07) is 15.5. The number of benzene rings is 2. The molecule has 0 saturated heterocycles. The molecule has 2 heterocycles. The van der Waals surface area contributed by atoms with Crippen LogP contribution in [0.2, 0.25) is 0 Å². The third kappa shape index (κ3) is 3.32. The topological polar surface area (TPSA) is 76.5 Å². The van der Waals surface area contributed by atoms with Crippen molar-refractivity contribution < 1.29 is 14.3 Å². The van der Waals surface area contributed by atoms with E-state index in [9.17, 15) is 9.59 Å². The van der Waals surface area contributed by atoms with E-state index < -0.39 is 5.54 Å². The minimum Gasteiger partial charge on any atom is -0.496 e. The van der Waals surface area contributed by atoms with Crippen LogP contribution in [0.4, 0.5) is 0 Å². The molecule has 7 heteroatoms. The highest BCUT2D eigenvalue weighted by molar-refractivity contribution is 6.01. The maximum atomic E-state index is 13.8. The van der Waals surface area contributed by atoms with Crippen LogP contribution in [0.25, 0.3) is 11.0 Å². The van der Waals surface area contributed by atoms with Gasteiger partial charge in [0.2, 0.25) is 5.91 Å². The Morgan fingerprint density at radius 1 is 1.16 bits per heavy atom. The maximum Gasteiger partial charge on any atom is 0.291 e. The second-order valence-electron chi connectivity index (χ2n) is 8.94. The Balaban J connectivity index is 1.58. The molecule has 7 nitrogen and oxygen atoms in total. The second-order valence-corrected chi connectivity index (χ2v) is 8.94. The first-order chi connectivity index (χ1) is 15.5. The van der Waals surface area contributed by atoms with E-state index in [1.54, 1.807) is 12.0 Å². The molecule has 1 aliphatic heterocycles. The standard InChI is InChI=1S/C25H28N4O3/c1-25(24(31)26-18-10-4-5-11-18)16-28-20-13-7-6-12-19(20)27-22(28)23(30)29(25)15-17-9-3-8-14-21(17)32-2/h3,6-9,12-14,18H,4-5,10-11,15-16H2,1-2H3,(H,26,31)/t25-/m1/s1. The smallest absolute Gasteiger partial charge is 0.291 e. The highest BCUT2D eigenvalue weighted by Crippen LogP contribution is 2.34. The summed E-state index contributed by atoms with van der Waals surface area (Å²) in [5.41, 5.74) is 1.42. The van der Waals surface area contributed by atoms with Crippen LogP contribution in [0.15, 0.2) is 48.5 Å². The molecule has 0 radical (unpaired) electrons. The van der Waals surface area contributed by atoms with E-state index in [1.807, 2.05) is 60.0 Å². The largest absolute Gasteiger partial charge is 0.496 e. The van der Waals surface area contributed by atoms with Crippen molar-refractivity contribution in [1.82, 2.24) is 19.8 Å². The van der Waals surface area contributed by atoms with Crippen LogP contribution in [-0.4, -0.2) is 45.0 Å². The summed E-state index contributed by atoms with van der Waals surface area (Å²) in [5.74, 6) is 0.698. The fourth-order valence-corrected chi connectivity index (χ4v) is 4.99. The predicted octanol–water partition coefficient (Wildman–Crippen LogP) is 3.52. The number of carbonyl (C=O) groups is 2. The molecule has 0 unspecified atom stereocenters. The van der Waals surface area contributed by atoms with Gasteiger partial charge in [0.05, 0.1) is 31.2 Å². The number of carbonyl (C=O) groups excluding carboxylic acids is 2. The van der Waals surface area contributed by atoms with Crippen LogP contribution in [-0.2, 0) is 17.9 Å². The molecule has 2 amide bonds. The average Bonchev–Trinajstić information content (AvgIpc) is 3.45. The summed E-state index contributed by atoms with van der Waals surface area (Å²) in [6.45, 7) is 2.48. The van der Waals surface area contributed by atoms with E-state index in [4.69, 9.17) is 4.74 Å². The zero-order valence-electron chi connectivity index (χ0n) is 18.5. The van der Waals surface area contributed by atoms with Gasteiger partial charge in [0.15, 0.2) is 5.82 Å². The van der Waals surface area contributed by atoms with Crippen LogP contribution in [0, 0.1) is 0 Å². The molecule has 1 N–H and O–H groups in total. The van der Waals surface area contributed by atoms with E-state index >= 15 is 0 Å². The van der Waals surface area contributed by atoms with Crippen LogP contribution in [0.1, 0.15) is 48.8 Å². The minimum atomic E-state index is -1.06. The molecular formula is C25H28N4O3. The summed E-state index contributed by atoms with van der Waals surface area (Å²) < 4.78 is 7.41. The van der Waals surface area contributed by atoms with Gasteiger partial charge in [-0.05, 0) is 38.0 Å². The highest BCUT2D eigenvalue weighted by Gasteiger charge is 2.49. The van der Waals surface area contributed by atoms with Gasteiger partial charge < -0.3 is 19.5 Å². The van der Waals surface area contributed by atoms with Crippen molar-refractivity contribution in [2.75, 3.05) is 7.11 Å². The maximum absolute atomic E-state index is 13.8. The fraction of sp³-hybridized carbons (Fsp3) is 0.400. The van der Waals surface area contributed by atoms with Gasteiger partial charge in [-0.15, -0.1) is 0 Å². The third-order valence-corrected chi connectivity index (χ3v) is 6.85. The van der Waals surface area contributed by atoms with Crippen molar-refractivity contribution >= 4 is 22.8 Å². The number of hydrogen-bond donors (Lipinski definition) is 1. The van der Waals surface area contributed by atoms with Gasteiger partial charge in [-0.2, -0.15) is 0 Å². The molecule has 2 aliphatic rings. The Kier molecular flexibility index (Phi) is 5.12. The molecule has 5 rings (SSSR count). The number of nitrogens with one attached hydrogen (secondary N) is 1. The van der Waals surface area contributed by atoms with Crippen molar-refractivity contribution in [3.8, 4) is 5.75 Å². The van der Waals surface area contributed by atoms with Gasteiger partial charge >= 0.3 is 0 Å². The first-order valence-electron chi connectivity index (χ1n) is 11.2. The Hall–Kier alpha value is -3.35. The van der Waals surface area contributed by atoms with Crippen molar-refractivity contribution in [2.24, 2.45) is 0 Å². The minimum absolute atomic E-state index is 0.115. The molecule has 1 fully saturated rings. The normalized spacial score (nSPS) is 21.1. The van der Waals surface area contributed by atoms with E-state index in [2.05, 4.69) is 10.3 Å². The average molecular weight is 433 g/mol. The molecular weight excluding hydrogens is 404 g/mol. The molecule has 1 aromatic heterocycles. The molecule has 32 heavy (non-hydrogen) atoms. The van der Waals surface area contributed by atoms with Gasteiger partial charge in [0.25, 0.3) is 5.91 Å². The molecule has 1 aliphatic carbocycles. The van der Waals surface area contributed by atoms with Gasteiger partial charge in [0, 0.05) is 11.6 Å². The number of amides is 2. The van der Waals surface area contributed by atoms with Gasteiger partial charge in [-0.1, -0.05) is 43.2 Å². The Bertz CT molecular complexity index is 1180. The lowest BCUT2D eigenvalue weighted by atomic mass is 9.93. The summed E-state index contributed by atoms with van der Waals surface area (Å²) in [7, 11) is 1.61. The van der Waals surface area contributed by atoms with Crippen LogP contribution >= 0.6 is 0 Å². The number of rotatable bonds is 5. The Labute approximate surface area is 187 Å². The Morgan fingerprint density at radius 2 is 1.88 bits per heavy atom. The SMILES string of the molecule is COc1ccccc1CN1C(=O)c2nc3ccccc3n2C[C@]1(C)C(=O)NC1CCCC1. The van der Waals surface area contributed by atoms with Crippen LogP contribution in [0.3, 0.4) is 0 Å². The first kappa shape index (κ1) is 20.5. The Morgan fingerprint density at radius 3 is 2.66 bits per heavy atom. The highest BCUT2D eigenvalue weighted by atomic mass is 16.5. The third-order valence-electron chi connectivity index (χ3n) is 6.85. The number of aromatic nitrogens is 2. The van der Waals surface area contributed by atoms with Gasteiger partial charge in [0.1, 0.15) is 11.3 Å². The second kappa shape index (κ2) is 7.97. The van der Waals surface area contributed by atoms with Crippen molar-refractivity contribution in [2.45, 2.75) is 57.3 Å². The van der Waals surface area contributed by atoms with Gasteiger partial charge in [-0.3, -0.25) is 9.59 Å². The number of nitrogens with zero attached hydrogens (tertiary/aromatic N) is 3. The van der Waals surface area contributed by atoms with E-state index in [0.29, 0.717) is 18.1 Å². The van der Waals surface area contributed by atoms with E-state index in [1.165, 1.54) is 0 Å². The summed E-state index contributed by atoms with van der Waals surface area (Å²) >= 11 is 0. The lowest BCUT2D eigenvalue weighted by molar-refractivity contribution is -0.133. The van der Waals surface area contributed by atoms with Crippen LogP contribution in [0.5, 0.6) is 5.75 Å². The molecule has 0 bridgehead atoms. The van der Waals surface area contributed by atoms with Crippen molar-refractivity contribution in [3.05, 3.63) is 59.9 Å². The van der Waals surface area contributed by atoms with E-state index in [0.717, 1.165) is 42.3 Å². The lowest BCUT2D eigenvalue weighted by Gasteiger charge is -2.44. The number of fused-ring (bicyclic) bond motifs is 3. The van der Waals surface area contributed by atoms with Gasteiger partial charge in [-0.25, -0.2) is 4.98 Å². The number of methoxy groups -OCH3 is 1. The molecule has 1 atom stereocenters. The monoisotopic (exact) mass is 432 g/mol. The zero-order valence-corrected chi connectivity index (χ0v) is 18.5. The lowest BCUT2D eigenvalue weighted by Crippen LogP contribution is -2.64. The molecule has 2 aromatic carbocycles. The molecule has 1 saturated carbocycles. The summed E-state index contributed by atoms with van der Waals surface area (Å²) in [6.07, 6.45) is 4.23. The number of ether oxygens (including phenoxy) is 1. The number of hydrogen-bond acceptors (Lipinski definition) is 4. The summed E-state index contributed by atoms with van der Waals surface area (Å²) in [5, 5.41) is 3.23. The van der Waals surface area contributed by atoms with Crippen LogP contribution < -0.4 is 10.1 Å². The molecule has 0 spiro atoms. The summed E-state index contributed by atoms with van der Waals surface area (Å²) in [4.78, 5) is 33.7. The molecule has 166 valence electrons. The van der Waals surface area contributed by atoms with Crippen molar-refractivity contribution in [1.29, 1.82) is 0 Å². The molecule has 3 aromatic rings. The van der Waals surface area contributed by atoms with E-state index in [-0.39, 0.29) is 24.4 Å². The zero-order chi connectivity index (χ0) is 22.3. The first-order valence-corrected chi connectivity index (χ1v) is 11.2.